The van der Waals surface area contributed by atoms with Crippen molar-refractivity contribution >= 4 is 17.2 Å². The van der Waals surface area contributed by atoms with Crippen LogP contribution < -0.4 is 5.32 Å². The predicted octanol–water partition coefficient (Wildman–Crippen LogP) is 4.23. The van der Waals surface area contributed by atoms with E-state index in [0.29, 0.717) is 11.4 Å². The fraction of sp³-hybridized carbons (Fsp3) is 0.111. The van der Waals surface area contributed by atoms with Crippen LogP contribution in [-0.4, -0.2) is 17.4 Å². The minimum atomic E-state index is -0.0685. The summed E-state index contributed by atoms with van der Waals surface area (Å²) in [5.74, 6) is -0.0685. The monoisotopic (exact) mass is 308 g/mol. The fourth-order valence-electron chi connectivity index (χ4n) is 2.21. The van der Waals surface area contributed by atoms with E-state index in [9.17, 15) is 4.79 Å². The molecule has 4 heteroatoms. The molecule has 22 heavy (non-hydrogen) atoms. The van der Waals surface area contributed by atoms with Crippen LogP contribution in [0.4, 0.5) is 0 Å². The van der Waals surface area contributed by atoms with E-state index in [4.69, 9.17) is 4.98 Å². The van der Waals surface area contributed by atoms with Crippen LogP contribution >= 0.6 is 11.3 Å². The van der Waals surface area contributed by atoms with Crippen LogP contribution in [0, 0.1) is 0 Å². The number of nitrogens with zero attached hydrogens (tertiary/aromatic N) is 1. The highest BCUT2D eigenvalue weighted by Crippen LogP contribution is 2.33. The van der Waals surface area contributed by atoms with Crippen LogP contribution in [0.5, 0.6) is 0 Å². The van der Waals surface area contributed by atoms with Gasteiger partial charge in [0.2, 0.25) is 0 Å². The number of thiazole rings is 1. The molecule has 0 spiro atoms. The number of benzene rings is 2. The zero-order valence-corrected chi connectivity index (χ0v) is 13.1. The van der Waals surface area contributed by atoms with Crippen LogP contribution in [0.3, 0.4) is 0 Å². The third kappa shape index (κ3) is 2.92. The summed E-state index contributed by atoms with van der Waals surface area (Å²) in [4.78, 5) is 17.7. The lowest BCUT2D eigenvalue weighted by Crippen LogP contribution is -2.22. The van der Waals surface area contributed by atoms with Crippen molar-refractivity contribution in [3.05, 3.63) is 65.5 Å². The van der Waals surface area contributed by atoms with Crippen molar-refractivity contribution in [1.29, 1.82) is 0 Å². The van der Waals surface area contributed by atoms with Crippen molar-refractivity contribution in [2.75, 3.05) is 6.54 Å². The Morgan fingerprint density at radius 3 is 2.18 bits per heavy atom. The zero-order valence-electron chi connectivity index (χ0n) is 12.2. The first-order valence-electron chi connectivity index (χ1n) is 7.19. The van der Waals surface area contributed by atoms with Crippen molar-refractivity contribution in [3.8, 4) is 21.8 Å². The fourth-order valence-corrected chi connectivity index (χ4v) is 3.22. The molecular formula is C18H16N2OS. The summed E-state index contributed by atoms with van der Waals surface area (Å²) in [5.41, 5.74) is 2.73. The molecule has 110 valence electrons. The summed E-state index contributed by atoms with van der Waals surface area (Å²) < 4.78 is 0. The lowest BCUT2D eigenvalue weighted by Gasteiger charge is -2.02. The molecule has 0 radical (unpaired) electrons. The van der Waals surface area contributed by atoms with Crippen molar-refractivity contribution in [1.82, 2.24) is 10.3 Å². The van der Waals surface area contributed by atoms with Crippen LogP contribution in [0.2, 0.25) is 0 Å². The number of hydrogen-bond donors (Lipinski definition) is 1. The van der Waals surface area contributed by atoms with Gasteiger partial charge in [0.05, 0.1) is 5.69 Å². The van der Waals surface area contributed by atoms with E-state index in [0.717, 1.165) is 21.8 Å². The number of amides is 1. The Balaban J connectivity index is 2.11. The first-order chi connectivity index (χ1) is 10.8. The average molecular weight is 308 g/mol. The molecular weight excluding hydrogens is 292 g/mol. The SMILES string of the molecule is CCNC(=O)c1sc(-c2ccccc2)nc1-c1ccccc1. The second-order valence-corrected chi connectivity index (χ2v) is 5.79. The standard InChI is InChI=1S/C18H16N2OS/c1-2-19-17(21)16-15(13-9-5-3-6-10-13)20-18(22-16)14-11-7-4-8-12-14/h3-12H,2H2,1H3,(H,19,21). The van der Waals surface area contributed by atoms with Gasteiger partial charge in [-0.15, -0.1) is 11.3 Å². The highest BCUT2D eigenvalue weighted by molar-refractivity contribution is 7.17. The molecule has 0 aliphatic rings. The van der Waals surface area contributed by atoms with Gasteiger partial charge < -0.3 is 5.32 Å². The number of nitrogens with one attached hydrogen (secondary N) is 1. The maximum Gasteiger partial charge on any atom is 0.263 e. The van der Waals surface area contributed by atoms with Crippen LogP contribution in [0.25, 0.3) is 21.8 Å². The molecule has 3 aromatic rings. The smallest absolute Gasteiger partial charge is 0.263 e. The first-order valence-corrected chi connectivity index (χ1v) is 8.01. The Morgan fingerprint density at radius 2 is 1.59 bits per heavy atom. The van der Waals surface area contributed by atoms with Gasteiger partial charge in [0.25, 0.3) is 5.91 Å². The second-order valence-electron chi connectivity index (χ2n) is 4.79. The van der Waals surface area contributed by atoms with Crippen LogP contribution in [-0.2, 0) is 0 Å². The van der Waals surface area contributed by atoms with Crippen molar-refractivity contribution < 1.29 is 4.79 Å². The van der Waals surface area contributed by atoms with Gasteiger partial charge in [-0.05, 0) is 6.92 Å². The Bertz CT molecular complexity index is 766. The molecule has 1 heterocycles. The Labute approximate surface area is 133 Å². The molecule has 2 aromatic carbocycles. The third-order valence-corrected chi connectivity index (χ3v) is 4.34. The first kappa shape index (κ1) is 14.5. The minimum Gasteiger partial charge on any atom is -0.352 e. The molecule has 0 aliphatic carbocycles. The van der Waals surface area contributed by atoms with E-state index < -0.39 is 0 Å². The number of hydrogen-bond acceptors (Lipinski definition) is 3. The van der Waals surface area contributed by atoms with Gasteiger partial charge in [0, 0.05) is 17.7 Å². The van der Waals surface area contributed by atoms with Gasteiger partial charge in [-0.25, -0.2) is 4.98 Å². The summed E-state index contributed by atoms with van der Waals surface area (Å²) in [6.45, 7) is 2.52. The normalized spacial score (nSPS) is 10.4. The highest BCUT2D eigenvalue weighted by atomic mass is 32.1. The van der Waals surface area contributed by atoms with Gasteiger partial charge in [-0.1, -0.05) is 60.7 Å². The molecule has 0 unspecified atom stereocenters. The maximum atomic E-state index is 12.3. The van der Waals surface area contributed by atoms with E-state index in [1.165, 1.54) is 11.3 Å². The molecule has 0 saturated carbocycles. The van der Waals surface area contributed by atoms with E-state index in [2.05, 4.69) is 5.32 Å². The van der Waals surface area contributed by atoms with Crippen molar-refractivity contribution in [3.63, 3.8) is 0 Å². The van der Waals surface area contributed by atoms with Crippen LogP contribution in [0.1, 0.15) is 16.6 Å². The quantitative estimate of drug-likeness (QED) is 0.784. The highest BCUT2D eigenvalue weighted by Gasteiger charge is 2.19. The van der Waals surface area contributed by atoms with E-state index in [1.54, 1.807) is 0 Å². The van der Waals surface area contributed by atoms with Gasteiger partial charge in [0.15, 0.2) is 0 Å². The molecule has 0 saturated heterocycles. The molecule has 0 bridgehead atoms. The lowest BCUT2D eigenvalue weighted by atomic mass is 10.1. The molecule has 1 N–H and O–H groups in total. The summed E-state index contributed by atoms with van der Waals surface area (Å²) in [6, 6.07) is 19.8. The van der Waals surface area contributed by atoms with E-state index in [1.807, 2.05) is 67.6 Å². The van der Waals surface area contributed by atoms with Gasteiger partial charge in [-0.2, -0.15) is 0 Å². The Kier molecular flexibility index (Phi) is 4.30. The number of carbonyl (C=O) groups excluding carboxylic acids is 1. The lowest BCUT2D eigenvalue weighted by molar-refractivity contribution is 0.0960. The minimum absolute atomic E-state index is 0.0685. The maximum absolute atomic E-state index is 12.3. The van der Waals surface area contributed by atoms with Crippen molar-refractivity contribution in [2.45, 2.75) is 6.92 Å². The molecule has 3 rings (SSSR count). The Morgan fingerprint density at radius 1 is 1.00 bits per heavy atom. The summed E-state index contributed by atoms with van der Waals surface area (Å²) in [7, 11) is 0. The number of rotatable bonds is 4. The van der Waals surface area contributed by atoms with E-state index in [-0.39, 0.29) is 5.91 Å². The molecule has 1 aromatic heterocycles. The number of aromatic nitrogens is 1. The molecule has 1 amide bonds. The summed E-state index contributed by atoms with van der Waals surface area (Å²) >= 11 is 1.43. The zero-order chi connectivity index (χ0) is 15.4. The van der Waals surface area contributed by atoms with Gasteiger partial charge >= 0.3 is 0 Å². The molecule has 0 atom stereocenters. The molecule has 0 fully saturated rings. The Hall–Kier alpha value is -2.46. The summed E-state index contributed by atoms with van der Waals surface area (Å²) in [5, 5.41) is 3.73. The molecule has 0 aliphatic heterocycles. The summed E-state index contributed by atoms with van der Waals surface area (Å²) in [6.07, 6.45) is 0. The average Bonchev–Trinajstić information content (AvgIpc) is 3.02. The predicted molar refractivity (Wildman–Crippen MR) is 91.0 cm³/mol. The van der Waals surface area contributed by atoms with E-state index >= 15 is 0 Å². The van der Waals surface area contributed by atoms with Crippen LogP contribution in [0.15, 0.2) is 60.7 Å². The molecule has 3 nitrogen and oxygen atoms in total. The van der Waals surface area contributed by atoms with Gasteiger partial charge in [0.1, 0.15) is 9.88 Å². The van der Waals surface area contributed by atoms with Gasteiger partial charge in [-0.3, -0.25) is 4.79 Å². The third-order valence-electron chi connectivity index (χ3n) is 3.24. The topological polar surface area (TPSA) is 42.0 Å². The largest absolute Gasteiger partial charge is 0.352 e. The van der Waals surface area contributed by atoms with Crippen molar-refractivity contribution in [2.24, 2.45) is 0 Å². The second kappa shape index (κ2) is 6.54. The number of carbonyl (C=O) groups is 1.